The van der Waals surface area contributed by atoms with Crippen LogP contribution < -0.4 is 5.32 Å². The minimum absolute atomic E-state index is 0.183. The maximum atomic E-state index is 12.9. The average Bonchev–Trinajstić information content (AvgIpc) is 3.41. The Bertz CT molecular complexity index is 949. The van der Waals surface area contributed by atoms with Gasteiger partial charge in [-0.05, 0) is 43.3 Å². The van der Waals surface area contributed by atoms with Gasteiger partial charge in [0.05, 0.1) is 25.2 Å². The van der Waals surface area contributed by atoms with Gasteiger partial charge in [0.2, 0.25) is 0 Å². The van der Waals surface area contributed by atoms with Crippen molar-refractivity contribution in [3.8, 4) is 17.1 Å². The molecule has 1 saturated heterocycles. The molecule has 0 spiro atoms. The van der Waals surface area contributed by atoms with Gasteiger partial charge in [-0.2, -0.15) is 5.10 Å². The van der Waals surface area contributed by atoms with Gasteiger partial charge in [-0.3, -0.25) is 9.69 Å². The third kappa shape index (κ3) is 4.87. The Hall–Kier alpha value is -2.61. The maximum absolute atomic E-state index is 12.9. The van der Waals surface area contributed by atoms with E-state index in [1.165, 1.54) is 0 Å². The third-order valence-corrected chi connectivity index (χ3v) is 5.04. The van der Waals surface area contributed by atoms with E-state index in [-0.39, 0.29) is 5.91 Å². The molecule has 29 heavy (non-hydrogen) atoms. The molecule has 1 amide bonds. The van der Waals surface area contributed by atoms with Crippen molar-refractivity contribution in [2.75, 3.05) is 39.4 Å². The molecule has 4 rings (SSSR count). The SMILES string of the molecule is O=C(NCCCN1CCOCC1)c1cc(-c2ccco2)nn1-c1cccc(Cl)c1. The van der Waals surface area contributed by atoms with E-state index in [1.54, 1.807) is 35.2 Å². The van der Waals surface area contributed by atoms with Crippen LogP contribution in [0.3, 0.4) is 0 Å². The molecule has 0 atom stereocenters. The Balaban J connectivity index is 1.48. The molecular formula is C21H23ClN4O3. The zero-order valence-electron chi connectivity index (χ0n) is 16.0. The summed E-state index contributed by atoms with van der Waals surface area (Å²) in [4.78, 5) is 15.2. The molecule has 1 N–H and O–H groups in total. The normalized spacial score (nSPS) is 14.8. The van der Waals surface area contributed by atoms with Crippen LogP contribution in [-0.4, -0.2) is 60.0 Å². The lowest BCUT2D eigenvalue weighted by molar-refractivity contribution is 0.0374. The largest absolute Gasteiger partial charge is 0.463 e. The second kappa shape index (κ2) is 9.26. The summed E-state index contributed by atoms with van der Waals surface area (Å²) >= 11 is 6.14. The highest BCUT2D eigenvalue weighted by Crippen LogP contribution is 2.23. The van der Waals surface area contributed by atoms with Crippen LogP contribution in [0, 0.1) is 0 Å². The molecular weight excluding hydrogens is 392 g/mol. The second-order valence-corrected chi connectivity index (χ2v) is 7.28. The number of halogens is 1. The number of carbonyl (C=O) groups excluding carboxylic acids is 1. The molecule has 0 unspecified atom stereocenters. The Morgan fingerprint density at radius 1 is 1.17 bits per heavy atom. The molecule has 0 saturated carbocycles. The standard InChI is InChI=1S/C21H23ClN4O3/c22-16-4-1-5-17(14-16)26-19(15-18(24-26)20-6-2-11-29-20)21(27)23-7-3-8-25-9-12-28-13-10-25/h1-2,4-6,11,14-15H,3,7-10,12-13H2,(H,23,27). The summed E-state index contributed by atoms with van der Waals surface area (Å²) in [6.45, 7) is 4.98. The van der Waals surface area contributed by atoms with Gasteiger partial charge in [-0.15, -0.1) is 0 Å². The van der Waals surface area contributed by atoms with E-state index >= 15 is 0 Å². The highest BCUT2D eigenvalue weighted by atomic mass is 35.5. The van der Waals surface area contributed by atoms with E-state index in [2.05, 4.69) is 15.3 Å². The number of morpholine rings is 1. The smallest absolute Gasteiger partial charge is 0.270 e. The second-order valence-electron chi connectivity index (χ2n) is 6.85. The number of benzene rings is 1. The molecule has 3 heterocycles. The third-order valence-electron chi connectivity index (χ3n) is 4.81. The number of hydrogen-bond donors (Lipinski definition) is 1. The van der Waals surface area contributed by atoms with Crippen LogP contribution >= 0.6 is 11.6 Å². The van der Waals surface area contributed by atoms with Crippen LogP contribution in [0.25, 0.3) is 17.1 Å². The molecule has 1 aromatic carbocycles. The van der Waals surface area contributed by atoms with E-state index in [1.807, 2.05) is 18.2 Å². The summed E-state index contributed by atoms with van der Waals surface area (Å²) in [5, 5.41) is 8.15. The maximum Gasteiger partial charge on any atom is 0.270 e. The number of amides is 1. The van der Waals surface area contributed by atoms with Crippen molar-refractivity contribution in [3.63, 3.8) is 0 Å². The van der Waals surface area contributed by atoms with Gasteiger partial charge in [0.25, 0.3) is 5.91 Å². The molecule has 8 heteroatoms. The Kier molecular flexibility index (Phi) is 6.29. The lowest BCUT2D eigenvalue weighted by atomic mass is 10.2. The van der Waals surface area contributed by atoms with E-state index in [0.717, 1.165) is 39.3 Å². The fourth-order valence-electron chi connectivity index (χ4n) is 3.31. The first-order valence-corrected chi connectivity index (χ1v) is 10.1. The van der Waals surface area contributed by atoms with Crippen molar-refractivity contribution in [2.24, 2.45) is 0 Å². The summed E-state index contributed by atoms with van der Waals surface area (Å²) in [6.07, 6.45) is 2.46. The monoisotopic (exact) mass is 414 g/mol. The van der Waals surface area contributed by atoms with Gasteiger partial charge < -0.3 is 14.5 Å². The molecule has 1 aliphatic heterocycles. The number of rotatable bonds is 7. The lowest BCUT2D eigenvalue weighted by Gasteiger charge is -2.26. The van der Waals surface area contributed by atoms with Crippen molar-refractivity contribution in [2.45, 2.75) is 6.42 Å². The van der Waals surface area contributed by atoms with Crippen molar-refractivity contribution in [3.05, 3.63) is 59.4 Å². The minimum Gasteiger partial charge on any atom is -0.463 e. The van der Waals surface area contributed by atoms with Gasteiger partial charge in [0, 0.05) is 30.7 Å². The Labute approximate surface area is 174 Å². The number of nitrogens with one attached hydrogen (secondary N) is 1. The molecule has 3 aromatic rings. The van der Waals surface area contributed by atoms with Crippen LogP contribution in [-0.2, 0) is 4.74 Å². The number of furan rings is 1. The van der Waals surface area contributed by atoms with Crippen LogP contribution in [0.2, 0.25) is 5.02 Å². The summed E-state index contributed by atoms with van der Waals surface area (Å²) in [7, 11) is 0. The fraction of sp³-hybridized carbons (Fsp3) is 0.333. The number of hydrogen-bond acceptors (Lipinski definition) is 5. The molecule has 0 bridgehead atoms. The molecule has 0 radical (unpaired) electrons. The molecule has 152 valence electrons. The van der Waals surface area contributed by atoms with Crippen molar-refractivity contribution in [1.29, 1.82) is 0 Å². The molecule has 1 aliphatic rings. The summed E-state index contributed by atoms with van der Waals surface area (Å²) < 4.78 is 12.4. The van der Waals surface area contributed by atoms with Crippen molar-refractivity contribution >= 4 is 17.5 Å². The highest BCUT2D eigenvalue weighted by molar-refractivity contribution is 6.30. The Morgan fingerprint density at radius 3 is 2.79 bits per heavy atom. The predicted molar refractivity (Wildman–Crippen MR) is 110 cm³/mol. The van der Waals surface area contributed by atoms with Gasteiger partial charge in [-0.1, -0.05) is 17.7 Å². The lowest BCUT2D eigenvalue weighted by Crippen LogP contribution is -2.38. The first kappa shape index (κ1) is 19.7. The fourth-order valence-corrected chi connectivity index (χ4v) is 3.50. The molecule has 1 fully saturated rings. The predicted octanol–water partition coefficient (Wildman–Crippen LogP) is 3.24. The Morgan fingerprint density at radius 2 is 2.03 bits per heavy atom. The minimum atomic E-state index is -0.183. The van der Waals surface area contributed by atoms with E-state index in [0.29, 0.717) is 34.4 Å². The van der Waals surface area contributed by atoms with E-state index < -0.39 is 0 Å². The summed E-state index contributed by atoms with van der Waals surface area (Å²) in [5.74, 6) is 0.421. The summed E-state index contributed by atoms with van der Waals surface area (Å²) in [6, 6.07) is 12.6. The molecule has 2 aromatic heterocycles. The number of carbonyl (C=O) groups is 1. The first-order chi connectivity index (χ1) is 14.2. The van der Waals surface area contributed by atoms with Gasteiger partial charge >= 0.3 is 0 Å². The zero-order chi connectivity index (χ0) is 20.1. The van der Waals surface area contributed by atoms with E-state index in [9.17, 15) is 4.79 Å². The van der Waals surface area contributed by atoms with Gasteiger partial charge in [-0.25, -0.2) is 4.68 Å². The van der Waals surface area contributed by atoms with Crippen molar-refractivity contribution < 1.29 is 13.9 Å². The van der Waals surface area contributed by atoms with Crippen LogP contribution in [0.4, 0.5) is 0 Å². The quantitative estimate of drug-likeness (QED) is 0.601. The number of aromatic nitrogens is 2. The molecule has 7 nitrogen and oxygen atoms in total. The van der Waals surface area contributed by atoms with Crippen LogP contribution in [0.1, 0.15) is 16.9 Å². The average molecular weight is 415 g/mol. The highest BCUT2D eigenvalue weighted by Gasteiger charge is 2.19. The van der Waals surface area contributed by atoms with Gasteiger partial charge in [0.15, 0.2) is 5.76 Å². The van der Waals surface area contributed by atoms with Crippen LogP contribution in [0.15, 0.2) is 53.1 Å². The zero-order valence-corrected chi connectivity index (χ0v) is 16.8. The topological polar surface area (TPSA) is 72.5 Å². The number of nitrogens with zero attached hydrogens (tertiary/aromatic N) is 3. The molecule has 0 aliphatic carbocycles. The first-order valence-electron chi connectivity index (χ1n) is 9.69. The number of ether oxygens (including phenoxy) is 1. The van der Waals surface area contributed by atoms with Crippen LogP contribution in [0.5, 0.6) is 0 Å². The summed E-state index contributed by atoms with van der Waals surface area (Å²) in [5.41, 5.74) is 1.74. The van der Waals surface area contributed by atoms with Gasteiger partial charge in [0.1, 0.15) is 11.4 Å². The van der Waals surface area contributed by atoms with E-state index in [4.69, 9.17) is 20.8 Å². The van der Waals surface area contributed by atoms with Crippen molar-refractivity contribution in [1.82, 2.24) is 20.0 Å².